The van der Waals surface area contributed by atoms with Gasteiger partial charge < -0.3 is 14.6 Å². The summed E-state index contributed by atoms with van der Waals surface area (Å²) in [7, 11) is 0. The SMILES string of the molecule is O=C(c1cnco1)N1C[C@@H]2CN[C@@H](C2)C1. The summed E-state index contributed by atoms with van der Waals surface area (Å²) in [5, 5.41) is 3.41. The number of piperidine rings is 1. The second-order valence-electron chi connectivity index (χ2n) is 4.28. The number of nitrogens with one attached hydrogen (secondary N) is 1. The number of carbonyl (C=O) groups excluding carboxylic acids is 1. The molecule has 1 aromatic heterocycles. The van der Waals surface area contributed by atoms with Gasteiger partial charge in [0.2, 0.25) is 5.76 Å². The van der Waals surface area contributed by atoms with Gasteiger partial charge in [0.05, 0.1) is 6.20 Å². The monoisotopic (exact) mass is 207 g/mol. The summed E-state index contributed by atoms with van der Waals surface area (Å²) in [4.78, 5) is 17.6. The van der Waals surface area contributed by atoms with Gasteiger partial charge in [-0.2, -0.15) is 0 Å². The topological polar surface area (TPSA) is 58.4 Å². The first-order valence-corrected chi connectivity index (χ1v) is 5.24. The molecule has 2 bridgehead atoms. The van der Waals surface area contributed by atoms with Crippen molar-refractivity contribution >= 4 is 5.91 Å². The molecule has 1 amide bonds. The highest BCUT2D eigenvalue weighted by atomic mass is 16.3. The molecule has 0 aliphatic carbocycles. The molecule has 80 valence electrons. The summed E-state index contributed by atoms with van der Waals surface area (Å²) in [5.41, 5.74) is 0. The van der Waals surface area contributed by atoms with Crippen molar-refractivity contribution in [1.29, 1.82) is 0 Å². The third kappa shape index (κ3) is 1.52. The molecule has 3 heterocycles. The summed E-state index contributed by atoms with van der Waals surface area (Å²) in [6, 6.07) is 0.468. The van der Waals surface area contributed by atoms with Crippen LogP contribution in [0.25, 0.3) is 0 Å². The first kappa shape index (κ1) is 8.91. The second kappa shape index (κ2) is 3.34. The Labute approximate surface area is 87.5 Å². The lowest BCUT2D eigenvalue weighted by molar-refractivity contribution is 0.0659. The fourth-order valence-corrected chi connectivity index (χ4v) is 2.48. The standard InChI is InChI=1S/C10H13N3O2/c14-10(9-3-11-6-15-9)13-4-7-1-8(5-13)12-2-7/h3,6-8,12H,1-2,4-5H2/t7-,8-/m0/s1. The van der Waals surface area contributed by atoms with E-state index in [4.69, 9.17) is 4.42 Å². The summed E-state index contributed by atoms with van der Waals surface area (Å²) in [5.74, 6) is 0.915. The van der Waals surface area contributed by atoms with Gasteiger partial charge in [-0.25, -0.2) is 4.98 Å². The Bertz CT molecular complexity index is 351. The van der Waals surface area contributed by atoms with Crippen LogP contribution in [-0.4, -0.2) is 41.5 Å². The van der Waals surface area contributed by atoms with Gasteiger partial charge in [-0.3, -0.25) is 4.79 Å². The van der Waals surface area contributed by atoms with E-state index in [1.165, 1.54) is 19.0 Å². The van der Waals surface area contributed by atoms with E-state index in [9.17, 15) is 4.79 Å². The van der Waals surface area contributed by atoms with E-state index in [-0.39, 0.29) is 5.91 Å². The highest BCUT2D eigenvalue weighted by Gasteiger charge is 2.35. The van der Waals surface area contributed by atoms with Crippen molar-refractivity contribution in [2.75, 3.05) is 19.6 Å². The third-order valence-electron chi connectivity index (χ3n) is 3.16. The molecule has 1 aromatic rings. The Morgan fingerprint density at radius 2 is 2.53 bits per heavy atom. The van der Waals surface area contributed by atoms with E-state index in [0.717, 1.165) is 19.6 Å². The molecule has 2 fully saturated rings. The highest BCUT2D eigenvalue weighted by molar-refractivity contribution is 5.91. The van der Waals surface area contributed by atoms with Crippen LogP contribution in [0, 0.1) is 5.92 Å². The molecule has 2 atom stereocenters. The Kier molecular flexibility index (Phi) is 1.98. The minimum atomic E-state index is -0.0362. The predicted molar refractivity (Wildman–Crippen MR) is 52.3 cm³/mol. The second-order valence-corrected chi connectivity index (χ2v) is 4.28. The fraction of sp³-hybridized carbons (Fsp3) is 0.600. The molecule has 0 unspecified atom stereocenters. The molecule has 15 heavy (non-hydrogen) atoms. The zero-order valence-electron chi connectivity index (χ0n) is 8.35. The van der Waals surface area contributed by atoms with Gasteiger partial charge in [-0.15, -0.1) is 0 Å². The van der Waals surface area contributed by atoms with Crippen LogP contribution in [0.5, 0.6) is 0 Å². The zero-order valence-corrected chi connectivity index (χ0v) is 8.35. The fourth-order valence-electron chi connectivity index (χ4n) is 2.48. The Morgan fingerprint density at radius 1 is 1.60 bits per heavy atom. The van der Waals surface area contributed by atoms with Crippen LogP contribution < -0.4 is 5.32 Å². The average molecular weight is 207 g/mol. The number of rotatable bonds is 1. The van der Waals surface area contributed by atoms with Crippen LogP contribution in [0.2, 0.25) is 0 Å². The molecule has 5 heteroatoms. The van der Waals surface area contributed by atoms with Crippen molar-refractivity contribution < 1.29 is 9.21 Å². The Hall–Kier alpha value is -1.36. The van der Waals surface area contributed by atoms with E-state index in [1.54, 1.807) is 0 Å². The van der Waals surface area contributed by atoms with Crippen LogP contribution in [0.3, 0.4) is 0 Å². The van der Waals surface area contributed by atoms with Crippen LogP contribution in [-0.2, 0) is 0 Å². The molecule has 0 aromatic carbocycles. The Balaban J connectivity index is 1.75. The quantitative estimate of drug-likeness (QED) is 0.710. The highest BCUT2D eigenvalue weighted by Crippen LogP contribution is 2.23. The number of fused-ring (bicyclic) bond motifs is 2. The number of carbonyl (C=O) groups is 1. The summed E-state index contributed by atoms with van der Waals surface area (Å²) in [6.07, 6.45) is 3.97. The molecule has 2 aliphatic heterocycles. The number of amides is 1. The Morgan fingerprint density at radius 3 is 3.27 bits per heavy atom. The molecule has 2 aliphatic rings. The van der Waals surface area contributed by atoms with Crippen molar-refractivity contribution in [2.45, 2.75) is 12.5 Å². The normalized spacial score (nSPS) is 29.5. The largest absolute Gasteiger partial charge is 0.438 e. The van der Waals surface area contributed by atoms with Gasteiger partial charge in [-0.1, -0.05) is 0 Å². The molecular formula is C10H13N3O2. The van der Waals surface area contributed by atoms with Crippen LogP contribution in [0.4, 0.5) is 0 Å². The van der Waals surface area contributed by atoms with Gasteiger partial charge in [-0.05, 0) is 12.3 Å². The first-order chi connectivity index (χ1) is 7.33. The van der Waals surface area contributed by atoms with Gasteiger partial charge in [0.15, 0.2) is 6.39 Å². The average Bonchev–Trinajstić information content (AvgIpc) is 2.87. The van der Waals surface area contributed by atoms with E-state index in [0.29, 0.717) is 17.7 Å². The third-order valence-corrected chi connectivity index (χ3v) is 3.16. The zero-order chi connectivity index (χ0) is 10.3. The van der Waals surface area contributed by atoms with Gasteiger partial charge in [0.1, 0.15) is 0 Å². The lowest BCUT2D eigenvalue weighted by Crippen LogP contribution is -2.44. The summed E-state index contributed by atoms with van der Waals surface area (Å²) >= 11 is 0. The maximum Gasteiger partial charge on any atom is 0.291 e. The van der Waals surface area contributed by atoms with Crippen LogP contribution in [0.15, 0.2) is 17.0 Å². The van der Waals surface area contributed by atoms with E-state index < -0.39 is 0 Å². The number of hydrogen-bond acceptors (Lipinski definition) is 4. The molecule has 0 saturated carbocycles. The minimum absolute atomic E-state index is 0.0362. The van der Waals surface area contributed by atoms with Crippen LogP contribution >= 0.6 is 0 Å². The molecular weight excluding hydrogens is 194 g/mol. The molecule has 0 spiro atoms. The van der Waals surface area contributed by atoms with Crippen molar-refractivity contribution in [3.63, 3.8) is 0 Å². The van der Waals surface area contributed by atoms with Gasteiger partial charge in [0, 0.05) is 25.7 Å². The van der Waals surface area contributed by atoms with E-state index in [1.807, 2.05) is 4.90 Å². The number of hydrogen-bond donors (Lipinski definition) is 1. The first-order valence-electron chi connectivity index (χ1n) is 5.24. The maximum atomic E-state index is 11.9. The number of nitrogens with zero attached hydrogens (tertiary/aromatic N) is 2. The van der Waals surface area contributed by atoms with Crippen molar-refractivity contribution in [3.8, 4) is 0 Å². The molecule has 3 rings (SSSR count). The lowest BCUT2D eigenvalue weighted by Gasteiger charge is -2.30. The molecule has 2 saturated heterocycles. The predicted octanol–water partition coefficient (Wildman–Crippen LogP) is 0.108. The maximum absolute atomic E-state index is 11.9. The number of likely N-dealkylation sites (tertiary alicyclic amines) is 1. The van der Waals surface area contributed by atoms with Gasteiger partial charge >= 0.3 is 0 Å². The molecule has 1 N–H and O–H groups in total. The smallest absolute Gasteiger partial charge is 0.291 e. The lowest BCUT2D eigenvalue weighted by atomic mass is 10.00. The number of aromatic nitrogens is 1. The minimum Gasteiger partial charge on any atom is -0.438 e. The van der Waals surface area contributed by atoms with Crippen molar-refractivity contribution in [1.82, 2.24) is 15.2 Å². The van der Waals surface area contributed by atoms with Gasteiger partial charge in [0.25, 0.3) is 5.91 Å². The molecule has 0 radical (unpaired) electrons. The van der Waals surface area contributed by atoms with Crippen molar-refractivity contribution in [2.24, 2.45) is 5.92 Å². The summed E-state index contributed by atoms with van der Waals surface area (Å²) in [6.45, 7) is 2.66. The van der Waals surface area contributed by atoms with Crippen molar-refractivity contribution in [3.05, 3.63) is 18.4 Å². The van der Waals surface area contributed by atoms with E-state index >= 15 is 0 Å². The summed E-state index contributed by atoms with van der Waals surface area (Å²) < 4.78 is 5.02. The number of oxazole rings is 1. The van der Waals surface area contributed by atoms with E-state index in [2.05, 4.69) is 10.3 Å². The molecule has 5 nitrogen and oxygen atoms in total. The van der Waals surface area contributed by atoms with Crippen LogP contribution in [0.1, 0.15) is 17.0 Å².